The Morgan fingerprint density at radius 3 is 3.18 bits per heavy atom. The summed E-state index contributed by atoms with van der Waals surface area (Å²) < 4.78 is 5.16. The minimum absolute atomic E-state index is 0.115. The van der Waals surface area contributed by atoms with Crippen LogP contribution in [0.4, 0.5) is 0 Å². The second kappa shape index (κ2) is 5.40. The molecular weight excluding hydrogens is 222 g/mol. The summed E-state index contributed by atoms with van der Waals surface area (Å²) in [4.78, 5) is 20.1. The molecule has 0 spiro atoms. The van der Waals surface area contributed by atoms with Crippen molar-refractivity contribution in [1.29, 1.82) is 0 Å². The Morgan fingerprint density at radius 1 is 1.65 bits per heavy atom. The topological polar surface area (TPSA) is 86.8 Å². The normalized spacial score (nSPS) is 20.2. The molecule has 0 aliphatic carbocycles. The zero-order chi connectivity index (χ0) is 12.1. The van der Waals surface area contributed by atoms with E-state index in [1.54, 1.807) is 24.5 Å². The SMILES string of the molecule is NC(=NOC(=O)C1CCCO1)c1cccnc1. The van der Waals surface area contributed by atoms with Crippen LogP contribution in [0.1, 0.15) is 18.4 Å². The molecule has 1 fully saturated rings. The smallest absolute Gasteiger partial charge is 0.363 e. The lowest BCUT2D eigenvalue weighted by atomic mass is 10.2. The number of amidine groups is 1. The first-order valence-electron chi connectivity index (χ1n) is 5.33. The predicted octanol–water partition coefficient (Wildman–Crippen LogP) is 0.424. The van der Waals surface area contributed by atoms with Gasteiger partial charge < -0.3 is 15.3 Å². The number of carbonyl (C=O) groups is 1. The van der Waals surface area contributed by atoms with Gasteiger partial charge in [0.2, 0.25) is 0 Å². The van der Waals surface area contributed by atoms with Gasteiger partial charge in [0.25, 0.3) is 0 Å². The Kier molecular flexibility index (Phi) is 3.66. The summed E-state index contributed by atoms with van der Waals surface area (Å²) in [6.45, 7) is 0.585. The van der Waals surface area contributed by atoms with Crippen LogP contribution in [-0.4, -0.2) is 29.5 Å². The number of ether oxygens (including phenoxy) is 1. The zero-order valence-corrected chi connectivity index (χ0v) is 9.20. The number of oxime groups is 1. The van der Waals surface area contributed by atoms with E-state index in [1.165, 1.54) is 0 Å². The van der Waals surface area contributed by atoms with Crippen LogP contribution in [0, 0.1) is 0 Å². The van der Waals surface area contributed by atoms with Crippen LogP contribution in [0.2, 0.25) is 0 Å². The summed E-state index contributed by atoms with van der Waals surface area (Å²) in [6.07, 6.45) is 4.18. The van der Waals surface area contributed by atoms with Crippen LogP contribution >= 0.6 is 0 Å². The molecule has 6 nitrogen and oxygen atoms in total. The van der Waals surface area contributed by atoms with E-state index in [-0.39, 0.29) is 5.84 Å². The molecule has 2 N–H and O–H groups in total. The highest BCUT2D eigenvalue weighted by Crippen LogP contribution is 2.13. The van der Waals surface area contributed by atoms with Gasteiger partial charge in [0.05, 0.1) is 0 Å². The van der Waals surface area contributed by atoms with Crippen molar-refractivity contribution >= 4 is 11.8 Å². The summed E-state index contributed by atoms with van der Waals surface area (Å²) >= 11 is 0. The van der Waals surface area contributed by atoms with Crippen LogP contribution in [-0.2, 0) is 14.4 Å². The molecule has 0 bridgehead atoms. The van der Waals surface area contributed by atoms with Crippen LogP contribution in [0.5, 0.6) is 0 Å². The number of nitrogens with two attached hydrogens (primary N) is 1. The summed E-state index contributed by atoms with van der Waals surface area (Å²) in [5, 5.41) is 3.56. The quantitative estimate of drug-likeness (QED) is 0.355. The first-order valence-corrected chi connectivity index (χ1v) is 5.33. The van der Waals surface area contributed by atoms with Gasteiger partial charge in [0.1, 0.15) is 0 Å². The van der Waals surface area contributed by atoms with Gasteiger partial charge >= 0.3 is 5.97 Å². The second-order valence-corrected chi connectivity index (χ2v) is 3.63. The Bertz CT molecular complexity index is 413. The van der Waals surface area contributed by atoms with Crippen molar-refractivity contribution in [3.63, 3.8) is 0 Å². The molecule has 1 aromatic heterocycles. The molecule has 1 unspecified atom stereocenters. The number of pyridine rings is 1. The van der Waals surface area contributed by atoms with Crippen LogP contribution in [0.15, 0.2) is 29.7 Å². The van der Waals surface area contributed by atoms with Crippen molar-refractivity contribution in [2.45, 2.75) is 18.9 Å². The number of hydrogen-bond donors (Lipinski definition) is 1. The van der Waals surface area contributed by atoms with Gasteiger partial charge in [-0.05, 0) is 25.0 Å². The van der Waals surface area contributed by atoms with E-state index in [4.69, 9.17) is 15.3 Å². The Hall–Kier alpha value is -1.95. The number of carbonyl (C=O) groups excluding carboxylic acids is 1. The van der Waals surface area contributed by atoms with Gasteiger partial charge in [-0.1, -0.05) is 5.16 Å². The van der Waals surface area contributed by atoms with Gasteiger partial charge in [0.15, 0.2) is 11.9 Å². The molecule has 1 aliphatic heterocycles. The lowest BCUT2D eigenvalue weighted by Crippen LogP contribution is -2.22. The molecule has 0 saturated carbocycles. The lowest BCUT2D eigenvalue weighted by molar-refractivity contribution is -0.154. The molecule has 17 heavy (non-hydrogen) atoms. The van der Waals surface area contributed by atoms with Crippen LogP contribution in [0.3, 0.4) is 0 Å². The maximum absolute atomic E-state index is 11.5. The van der Waals surface area contributed by atoms with E-state index in [0.29, 0.717) is 18.6 Å². The number of hydrogen-bond acceptors (Lipinski definition) is 5. The average Bonchev–Trinajstić information content (AvgIpc) is 2.90. The van der Waals surface area contributed by atoms with Gasteiger partial charge in [-0.15, -0.1) is 0 Å². The molecule has 0 radical (unpaired) electrons. The van der Waals surface area contributed by atoms with Gasteiger partial charge in [-0.3, -0.25) is 4.98 Å². The van der Waals surface area contributed by atoms with E-state index in [2.05, 4.69) is 10.1 Å². The maximum atomic E-state index is 11.5. The van der Waals surface area contributed by atoms with E-state index < -0.39 is 12.1 Å². The standard InChI is InChI=1S/C11H13N3O3/c12-10(8-3-1-5-13-7-8)14-17-11(15)9-4-2-6-16-9/h1,3,5,7,9H,2,4,6H2,(H2,12,14). The average molecular weight is 235 g/mol. The maximum Gasteiger partial charge on any atom is 0.363 e. The minimum atomic E-state index is -0.513. The highest BCUT2D eigenvalue weighted by atomic mass is 16.7. The molecule has 2 rings (SSSR count). The largest absolute Gasteiger partial charge is 0.380 e. The van der Waals surface area contributed by atoms with Gasteiger partial charge in [-0.25, -0.2) is 4.79 Å². The van der Waals surface area contributed by atoms with Crippen LogP contribution < -0.4 is 5.73 Å². The Morgan fingerprint density at radius 2 is 2.53 bits per heavy atom. The first-order chi connectivity index (χ1) is 8.27. The summed E-state index contributed by atoms with van der Waals surface area (Å²) in [5.74, 6) is -0.390. The molecule has 0 aromatic carbocycles. The third-order valence-corrected chi connectivity index (χ3v) is 2.38. The van der Waals surface area contributed by atoms with Crippen molar-refractivity contribution in [2.24, 2.45) is 10.9 Å². The zero-order valence-electron chi connectivity index (χ0n) is 9.20. The minimum Gasteiger partial charge on any atom is -0.380 e. The van der Waals surface area contributed by atoms with Crippen LogP contribution in [0.25, 0.3) is 0 Å². The van der Waals surface area contributed by atoms with E-state index in [0.717, 1.165) is 6.42 Å². The highest BCUT2D eigenvalue weighted by Gasteiger charge is 2.25. The highest BCUT2D eigenvalue weighted by molar-refractivity contribution is 5.97. The summed E-state index contributed by atoms with van der Waals surface area (Å²) in [6, 6.07) is 3.45. The number of aromatic nitrogens is 1. The molecule has 2 heterocycles. The van der Waals surface area contributed by atoms with Crippen molar-refractivity contribution < 1.29 is 14.4 Å². The Balaban J connectivity index is 1.94. The lowest BCUT2D eigenvalue weighted by Gasteiger charge is -2.05. The summed E-state index contributed by atoms with van der Waals surface area (Å²) in [5.41, 5.74) is 6.24. The van der Waals surface area contributed by atoms with Gasteiger partial charge in [-0.2, -0.15) is 0 Å². The Labute approximate surface area is 98.4 Å². The number of rotatable bonds is 3. The van der Waals surface area contributed by atoms with Crippen molar-refractivity contribution in [3.05, 3.63) is 30.1 Å². The fourth-order valence-electron chi connectivity index (χ4n) is 1.48. The summed E-state index contributed by atoms with van der Waals surface area (Å²) in [7, 11) is 0. The van der Waals surface area contributed by atoms with Crippen molar-refractivity contribution in [1.82, 2.24) is 4.98 Å². The second-order valence-electron chi connectivity index (χ2n) is 3.63. The van der Waals surface area contributed by atoms with E-state index >= 15 is 0 Å². The molecule has 1 aromatic rings. The van der Waals surface area contributed by atoms with Crippen molar-refractivity contribution in [3.8, 4) is 0 Å². The van der Waals surface area contributed by atoms with Gasteiger partial charge in [0, 0.05) is 24.6 Å². The molecule has 0 amide bonds. The molecule has 1 aliphatic rings. The van der Waals surface area contributed by atoms with Crippen molar-refractivity contribution in [2.75, 3.05) is 6.61 Å². The van der Waals surface area contributed by atoms with E-state index in [1.807, 2.05) is 0 Å². The van der Waals surface area contributed by atoms with E-state index in [9.17, 15) is 4.79 Å². The third kappa shape index (κ3) is 3.01. The predicted molar refractivity (Wildman–Crippen MR) is 60.0 cm³/mol. The number of nitrogens with zero attached hydrogens (tertiary/aromatic N) is 2. The molecule has 1 saturated heterocycles. The molecular formula is C11H13N3O3. The molecule has 6 heteroatoms. The molecule has 1 atom stereocenters. The molecule has 90 valence electrons. The first kappa shape index (κ1) is 11.5. The fraction of sp³-hybridized carbons (Fsp3) is 0.364. The third-order valence-electron chi connectivity index (χ3n) is 2.38. The monoisotopic (exact) mass is 235 g/mol. The fourth-order valence-corrected chi connectivity index (χ4v) is 1.48.